The van der Waals surface area contributed by atoms with Gasteiger partial charge in [-0.25, -0.2) is 4.79 Å². The van der Waals surface area contributed by atoms with E-state index in [0.717, 1.165) is 0 Å². The number of urea groups is 1. The molecule has 6 heteroatoms. The largest absolute Gasteiger partial charge is 0.480 e. The fraction of sp³-hybridized carbons (Fsp3) is 0.400. The number of nitrogens with zero attached hydrogens (tertiary/aromatic N) is 1. The molecule has 0 saturated heterocycles. The smallest absolute Gasteiger partial charge is 0.323 e. The average molecular weight is 292 g/mol. The summed E-state index contributed by atoms with van der Waals surface area (Å²) in [6.45, 7) is 5.22. The van der Waals surface area contributed by atoms with Crippen LogP contribution in [0.4, 0.5) is 10.5 Å². The standard InChI is InChI=1S/C15H20N2O4/c1-10(2)8-17(9-14(19)20)15(21)16-13-6-4-5-12(7-13)11(3)18/h4-7,10H,8-9H2,1-3H3,(H,16,21)(H,19,20). The number of hydrogen-bond donors (Lipinski definition) is 2. The van der Waals surface area contributed by atoms with Gasteiger partial charge in [0.25, 0.3) is 0 Å². The molecular formula is C15H20N2O4. The predicted octanol–water partition coefficient (Wildman–Crippen LogP) is 2.46. The number of carbonyl (C=O) groups is 3. The van der Waals surface area contributed by atoms with Crippen LogP contribution in [0.15, 0.2) is 24.3 Å². The number of nitrogens with one attached hydrogen (secondary N) is 1. The highest BCUT2D eigenvalue weighted by Crippen LogP contribution is 2.12. The van der Waals surface area contributed by atoms with Crippen molar-refractivity contribution in [2.75, 3.05) is 18.4 Å². The maximum atomic E-state index is 12.1. The molecule has 0 aliphatic carbocycles. The zero-order chi connectivity index (χ0) is 16.0. The molecule has 2 N–H and O–H groups in total. The minimum absolute atomic E-state index is 0.101. The van der Waals surface area contributed by atoms with Crippen LogP contribution in [0.1, 0.15) is 31.1 Å². The SMILES string of the molecule is CC(=O)c1cccc(NC(=O)N(CC(=O)O)CC(C)C)c1. The van der Waals surface area contributed by atoms with Gasteiger partial charge in [0.1, 0.15) is 6.54 Å². The number of anilines is 1. The highest BCUT2D eigenvalue weighted by Gasteiger charge is 2.18. The van der Waals surface area contributed by atoms with Crippen LogP contribution in [-0.4, -0.2) is 40.9 Å². The zero-order valence-corrected chi connectivity index (χ0v) is 12.4. The second-order valence-electron chi connectivity index (χ2n) is 5.24. The molecule has 1 aromatic rings. The van der Waals surface area contributed by atoms with Crippen LogP contribution in [0, 0.1) is 5.92 Å². The molecule has 6 nitrogen and oxygen atoms in total. The van der Waals surface area contributed by atoms with Crippen LogP contribution < -0.4 is 5.32 Å². The third-order valence-corrected chi connectivity index (χ3v) is 2.72. The molecule has 2 amide bonds. The van der Waals surface area contributed by atoms with E-state index < -0.39 is 12.0 Å². The molecule has 0 atom stereocenters. The molecule has 0 aliphatic rings. The van der Waals surface area contributed by atoms with Crippen molar-refractivity contribution < 1.29 is 19.5 Å². The van der Waals surface area contributed by atoms with Gasteiger partial charge < -0.3 is 15.3 Å². The fourth-order valence-corrected chi connectivity index (χ4v) is 1.84. The Hall–Kier alpha value is -2.37. The van der Waals surface area contributed by atoms with E-state index in [4.69, 9.17) is 5.11 Å². The molecule has 0 spiro atoms. The number of rotatable bonds is 6. The number of carboxylic acid groups (broad SMARTS) is 1. The van der Waals surface area contributed by atoms with E-state index in [1.807, 2.05) is 13.8 Å². The molecule has 114 valence electrons. The summed E-state index contributed by atoms with van der Waals surface area (Å²) in [6, 6.07) is 6.04. The lowest BCUT2D eigenvalue weighted by Crippen LogP contribution is -2.40. The molecule has 0 radical (unpaired) electrons. The lowest BCUT2D eigenvalue weighted by atomic mass is 10.1. The van der Waals surface area contributed by atoms with Crippen LogP contribution in [0.5, 0.6) is 0 Å². The number of amides is 2. The Bertz CT molecular complexity index is 540. The molecule has 1 rings (SSSR count). The van der Waals surface area contributed by atoms with Crippen molar-refractivity contribution in [2.24, 2.45) is 5.92 Å². The van der Waals surface area contributed by atoms with Crippen molar-refractivity contribution in [3.63, 3.8) is 0 Å². The maximum absolute atomic E-state index is 12.1. The Morgan fingerprint density at radius 3 is 2.48 bits per heavy atom. The molecule has 0 saturated carbocycles. The quantitative estimate of drug-likeness (QED) is 0.788. The van der Waals surface area contributed by atoms with Gasteiger partial charge in [0.15, 0.2) is 5.78 Å². The minimum Gasteiger partial charge on any atom is -0.480 e. The summed E-state index contributed by atoms with van der Waals surface area (Å²) in [5.74, 6) is -1.02. The summed E-state index contributed by atoms with van der Waals surface area (Å²) < 4.78 is 0. The molecular weight excluding hydrogens is 272 g/mol. The molecule has 0 bridgehead atoms. The summed E-state index contributed by atoms with van der Waals surface area (Å²) in [5, 5.41) is 11.5. The highest BCUT2D eigenvalue weighted by molar-refractivity contribution is 5.97. The summed E-state index contributed by atoms with van der Waals surface area (Å²) in [7, 11) is 0. The molecule has 0 heterocycles. The molecule has 1 aromatic carbocycles. The van der Waals surface area contributed by atoms with Gasteiger partial charge in [-0.15, -0.1) is 0 Å². The third kappa shape index (κ3) is 5.64. The van der Waals surface area contributed by atoms with Crippen molar-refractivity contribution in [1.29, 1.82) is 0 Å². The van der Waals surface area contributed by atoms with Gasteiger partial charge in [-0.2, -0.15) is 0 Å². The van der Waals surface area contributed by atoms with E-state index in [1.54, 1.807) is 24.3 Å². The summed E-state index contributed by atoms with van der Waals surface area (Å²) >= 11 is 0. The van der Waals surface area contributed by atoms with Crippen molar-refractivity contribution in [2.45, 2.75) is 20.8 Å². The zero-order valence-electron chi connectivity index (χ0n) is 12.4. The predicted molar refractivity (Wildman–Crippen MR) is 79.5 cm³/mol. The average Bonchev–Trinajstić information content (AvgIpc) is 2.37. The van der Waals surface area contributed by atoms with Crippen LogP contribution >= 0.6 is 0 Å². The normalized spacial score (nSPS) is 10.3. The number of carbonyl (C=O) groups excluding carboxylic acids is 2. The summed E-state index contributed by atoms with van der Waals surface area (Å²) in [4.78, 5) is 35.5. The van der Waals surface area contributed by atoms with E-state index in [2.05, 4.69) is 5.32 Å². The van der Waals surface area contributed by atoms with Gasteiger partial charge in [0, 0.05) is 17.8 Å². The van der Waals surface area contributed by atoms with Gasteiger partial charge >= 0.3 is 12.0 Å². The molecule has 0 fully saturated rings. The first-order valence-corrected chi connectivity index (χ1v) is 6.68. The Kier molecular flexibility index (Phi) is 5.90. The lowest BCUT2D eigenvalue weighted by Gasteiger charge is -2.23. The molecule has 0 aliphatic heterocycles. The number of ketones is 1. The van der Waals surface area contributed by atoms with Crippen molar-refractivity contribution >= 4 is 23.5 Å². The van der Waals surface area contributed by atoms with Gasteiger partial charge in [-0.1, -0.05) is 26.0 Å². The summed E-state index contributed by atoms with van der Waals surface area (Å²) in [6.07, 6.45) is 0. The van der Waals surface area contributed by atoms with Gasteiger partial charge in [-0.05, 0) is 25.0 Å². The maximum Gasteiger partial charge on any atom is 0.323 e. The monoisotopic (exact) mass is 292 g/mol. The van der Waals surface area contributed by atoms with Crippen molar-refractivity contribution in [3.8, 4) is 0 Å². The van der Waals surface area contributed by atoms with E-state index in [-0.39, 0.29) is 18.2 Å². The van der Waals surface area contributed by atoms with E-state index >= 15 is 0 Å². The number of carboxylic acids is 1. The topological polar surface area (TPSA) is 86.7 Å². The first-order valence-electron chi connectivity index (χ1n) is 6.68. The summed E-state index contributed by atoms with van der Waals surface area (Å²) in [5.41, 5.74) is 0.952. The highest BCUT2D eigenvalue weighted by atomic mass is 16.4. The second-order valence-corrected chi connectivity index (χ2v) is 5.24. The number of aliphatic carboxylic acids is 1. The van der Waals surface area contributed by atoms with Crippen LogP contribution in [0.3, 0.4) is 0 Å². The Balaban J connectivity index is 2.82. The minimum atomic E-state index is -1.07. The van der Waals surface area contributed by atoms with Crippen molar-refractivity contribution in [3.05, 3.63) is 29.8 Å². The van der Waals surface area contributed by atoms with E-state index in [0.29, 0.717) is 17.8 Å². The van der Waals surface area contributed by atoms with Crippen LogP contribution in [0.25, 0.3) is 0 Å². The van der Waals surface area contributed by atoms with Crippen molar-refractivity contribution in [1.82, 2.24) is 4.90 Å². The van der Waals surface area contributed by atoms with Crippen LogP contribution in [-0.2, 0) is 4.79 Å². The Morgan fingerprint density at radius 1 is 1.29 bits per heavy atom. The van der Waals surface area contributed by atoms with Crippen LogP contribution in [0.2, 0.25) is 0 Å². The number of hydrogen-bond acceptors (Lipinski definition) is 3. The number of Topliss-reactive ketones (excluding diaryl/α,β-unsaturated/α-hetero) is 1. The first kappa shape index (κ1) is 16.7. The number of benzene rings is 1. The Labute approximate surface area is 123 Å². The second kappa shape index (κ2) is 7.42. The van der Waals surface area contributed by atoms with Gasteiger partial charge in [0.05, 0.1) is 0 Å². The van der Waals surface area contributed by atoms with Gasteiger partial charge in [0.2, 0.25) is 0 Å². The van der Waals surface area contributed by atoms with Gasteiger partial charge in [-0.3, -0.25) is 9.59 Å². The fourth-order valence-electron chi connectivity index (χ4n) is 1.84. The molecule has 0 unspecified atom stereocenters. The molecule has 21 heavy (non-hydrogen) atoms. The van der Waals surface area contributed by atoms with E-state index in [1.165, 1.54) is 11.8 Å². The Morgan fingerprint density at radius 2 is 1.95 bits per heavy atom. The third-order valence-electron chi connectivity index (χ3n) is 2.72. The molecule has 0 aromatic heterocycles. The first-order chi connectivity index (χ1) is 9.79. The lowest BCUT2D eigenvalue weighted by molar-refractivity contribution is -0.137. The van der Waals surface area contributed by atoms with E-state index in [9.17, 15) is 14.4 Å².